The Morgan fingerprint density at radius 3 is 2.13 bits per heavy atom. The van der Waals surface area contributed by atoms with Crippen molar-refractivity contribution in [2.24, 2.45) is 5.16 Å². The van der Waals surface area contributed by atoms with Gasteiger partial charge >= 0.3 is 0 Å². The first kappa shape index (κ1) is 20.9. The molecule has 0 aromatic carbocycles. The second-order valence-corrected chi connectivity index (χ2v) is 8.40. The first-order valence-electron chi connectivity index (χ1n) is 10.2. The SMILES string of the molecule is CCCCCCCCCCCCSC1CCCCCCC1=NO. The van der Waals surface area contributed by atoms with Crippen LogP contribution in [0.15, 0.2) is 5.16 Å². The van der Waals surface area contributed by atoms with Crippen molar-refractivity contribution >= 4 is 17.5 Å². The van der Waals surface area contributed by atoms with E-state index in [9.17, 15) is 5.21 Å². The molecule has 0 aromatic rings. The molecule has 1 rings (SSSR count). The number of hydrogen-bond acceptors (Lipinski definition) is 3. The minimum atomic E-state index is 0.485. The quantitative estimate of drug-likeness (QED) is 0.231. The van der Waals surface area contributed by atoms with Crippen LogP contribution in [0.1, 0.15) is 110 Å². The maximum Gasteiger partial charge on any atom is 0.0700 e. The molecule has 1 unspecified atom stereocenters. The number of rotatable bonds is 12. The van der Waals surface area contributed by atoms with Gasteiger partial charge < -0.3 is 5.21 Å². The summed E-state index contributed by atoms with van der Waals surface area (Å²) in [6.07, 6.45) is 21.4. The molecule has 1 aliphatic carbocycles. The van der Waals surface area contributed by atoms with Gasteiger partial charge in [0, 0.05) is 5.25 Å². The molecule has 0 saturated heterocycles. The molecule has 1 N–H and O–H groups in total. The fourth-order valence-electron chi connectivity index (χ4n) is 3.43. The average Bonchev–Trinajstić information content (AvgIpc) is 2.54. The fourth-order valence-corrected chi connectivity index (χ4v) is 4.77. The van der Waals surface area contributed by atoms with Crippen LogP contribution in [-0.2, 0) is 0 Å². The van der Waals surface area contributed by atoms with E-state index in [1.165, 1.54) is 102 Å². The van der Waals surface area contributed by atoms with Crippen LogP contribution >= 0.6 is 11.8 Å². The molecule has 1 atom stereocenters. The predicted octanol–water partition coefficient (Wildman–Crippen LogP) is 7.19. The summed E-state index contributed by atoms with van der Waals surface area (Å²) < 4.78 is 0. The average molecular weight is 342 g/mol. The Morgan fingerprint density at radius 2 is 1.48 bits per heavy atom. The Hall–Kier alpha value is -0.180. The van der Waals surface area contributed by atoms with Crippen molar-refractivity contribution in [2.45, 2.75) is 115 Å². The van der Waals surface area contributed by atoms with Gasteiger partial charge in [-0.25, -0.2) is 0 Å². The zero-order chi connectivity index (χ0) is 16.6. The molecule has 0 spiro atoms. The monoisotopic (exact) mass is 341 g/mol. The van der Waals surface area contributed by atoms with Crippen molar-refractivity contribution in [3.63, 3.8) is 0 Å². The highest BCUT2D eigenvalue weighted by Gasteiger charge is 2.18. The maximum atomic E-state index is 9.23. The molecule has 0 bridgehead atoms. The fraction of sp³-hybridized carbons (Fsp3) is 0.950. The third-order valence-corrected chi connectivity index (χ3v) is 6.40. The molecule has 0 heterocycles. The number of hydrogen-bond donors (Lipinski definition) is 1. The molecule has 1 aliphatic rings. The van der Waals surface area contributed by atoms with Gasteiger partial charge in [-0.05, 0) is 31.4 Å². The van der Waals surface area contributed by atoms with Crippen LogP contribution in [0, 0.1) is 0 Å². The summed E-state index contributed by atoms with van der Waals surface area (Å²) in [4.78, 5) is 0. The van der Waals surface area contributed by atoms with Gasteiger partial charge in [0.25, 0.3) is 0 Å². The second-order valence-electron chi connectivity index (χ2n) is 7.09. The number of oxime groups is 1. The highest BCUT2D eigenvalue weighted by molar-refractivity contribution is 8.00. The van der Waals surface area contributed by atoms with Gasteiger partial charge in [-0.2, -0.15) is 11.8 Å². The van der Waals surface area contributed by atoms with Crippen molar-refractivity contribution in [2.75, 3.05) is 5.75 Å². The smallest absolute Gasteiger partial charge is 0.0700 e. The van der Waals surface area contributed by atoms with E-state index in [4.69, 9.17) is 0 Å². The molecule has 136 valence electrons. The van der Waals surface area contributed by atoms with Crippen LogP contribution in [0.4, 0.5) is 0 Å². The van der Waals surface area contributed by atoms with Crippen molar-refractivity contribution < 1.29 is 5.21 Å². The topological polar surface area (TPSA) is 32.6 Å². The van der Waals surface area contributed by atoms with E-state index in [0.29, 0.717) is 5.25 Å². The van der Waals surface area contributed by atoms with E-state index >= 15 is 0 Å². The summed E-state index contributed by atoms with van der Waals surface area (Å²) >= 11 is 2.04. The minimum Gasteiger partial charge on any atom is -0.411 e. The normalized spacial score (nSPS) is 21.3. The van der Waals surface area contributed by atoms with Crippen LogP contribution < -0.4 is 0 Å². The van der Waals surface area contributed by atoms with Crippen LogP contribution in [-0.4, -0.2) is 21.9 Å². The van der Waals surface area contributed by atoms with Gasteiger partial charge in [0.2, 0.25) is 0 Å². The van der Waals surface area contributed by atoms with E-state index in [-0.39, 0.29) is 0 Å². The molecule has 23 heavy (non-hydrogen) atoms. The summed E-state index contributed by atoms with van der Waals surface area (Å²) in [6.45, 7) is 2.28. The maximum absolute atomic E-state index is 9.23. The molecule has 3 heteroatoms. The molecule has 0 aliphatic heterocycles. The molecule has 1 saturated carbocycles. The summed E-state index contributed by atoms with van der Waals surface area (Å²) in [6, 6.07) is 0. The van der Waals surface area contributed by atoms with Crippen LogP contribution in [0.3, 0.4) is 0 Å². The van der Waals surface area contributed by atoms with Crippen molar-refractivity contribution in [1.29, 1.82) is 0 Å². The van der Waals surface area contributed by atoms with E-state index in [1.54, 1.807) is 0 Å². The van der Waals surface area contributed by atoms with Gasteiger partial charge in [-0.15, -0.1) is 0 Å². The minimum absolute atomic E-state index is 0.485. The largest absolute Gasteiger partial charge is 0.411 e. The molecule has 1 fully saturated rings. The molecule has 0 aromatic heterocycles. The molecule has 0 radical (unpaired) electrons. The van der Waals surface area contributed by atoms with Gasteiger partial charge in [-0.3, -0.25) is 0 Å². The third kappa shape index (κ3) is 11.1. The summed E-state index contributed by atoms with van der Waals surface area (Å²) in [5, 5.41) is 13.3. The Labute approximate surface area is 148 Å². The number of thioether (sulfide) groups is 1. The lowest BCUT2D eigenvalue weighted by molar-refractivity contribution is 0.315. The van der Waals surface area contributed by atoms with E-state index < -0.39 is 0 Å². The summed E-state index contributed by atoms with van der Waals surface area (Å²) in [5.41, 5.74) is 1.06. The summed E-state index contributed by atoms with van der Waals surface area (Å²) in [7, 11) is 0. The lowest BCUT2D eigenvalue weighted by Gasteiger charge is -2.20. The lowest BCUT2D eigenvalue weighted by atomic mass is 9.99. The van der Waals surface area contributed by atoms with Crippen LogP contribution in [0.2, 0.25) is 0 Å². The Balaban J connectivity index is 1.96. The third-order valence-electron chi connectivity index (χ3n) is 4.97. The molecule has 0 amide bonds. The first-order valence-corrected chi connectivity index (χ1v) is 11.3. The molecular weight excluding hydrogens is 302 g/mol. The van der Waals surface area contributed by atoms with Crippen molar-refractivity contribution in [1.82, 2.24) is 0 Å². The van der Waals surface area contributed by atoms with E-state index in [1.807, 2.05) is 11.8 Å². The molecular formula is C20H39NOS. The number of nitrogens with zero attached hydrogens (tertiary/aromatic N) is 1. The Morgan fingerprint density at radius 1 is 0.870 bits per heavy atom. The molecule has 2 nitrogen and oxygen atoms in total. The highest BCUT2D eigenvalue weighted by atomic mass is 32.2. The Kier molecular flexibility index (Phi) is 13.9. The highest BCUT2D eigenvalue weighted by Crippen LogP contribution is 2.26. The zero-order valence-corrected chi connectivity index (χ0v) is 16.2. The first-order chi connectivity index (χ1) is 11.4. The Bertz CT molecular complexity index is 293. The van der Waals surface area contributed by atoms with Crippen LogP contribution in [0.5, 0.6) is 0 Å². The zero-order valence-electron chi connectivity index (χ0n) is 15.4. The lowest BCUT2D eigenvalue weighted by Crippen LogP contribution is -2.19. The van der Waals surface area contributed by atoms with Gasteiger partial charge in [0.15, 0.2) is 0 Å². The van der Waals surface area contributed by atoms with Gasteiger partial charge in [-0.1, -0.05) is 89.1 Å². The van der Waals surface area contributed by atoms with Gasteiger partial charge in [0.05, 0.1) is 5.71 Å². The van der Waals surface area contributed by atoms with Crippen molar-refractivity contribution in [3.8, 4) is 0 Å². The van der Waals surface area contributed by atoms with Crippen LogP contribution in [0.25, 0.3) is 0 Å². The van der Waals surface area contributed by atoms with E-state index in [2.05, 4.69) is 12.1 Å². The predicted molar refractivity (Wildman–Crippen MR) is 105 cm³/mol. The van der Waals surface area contributed by atoms with Gasteiger partial charge in [0.1, 0.15) is 0 Å². The summed E-state index contributed by atoms with van der Waals surface area (Å²) in [5.74, 6) is 1.24. The second kappa shape index (κ2) is 15.4. The standard InChI is InChI=1S/C20H39NOS/c1-2-3-4-5-6-7-8-9-12-15-18-23-20-17-14-11-10-13-16-19(20)21-22/h20,22H,2-18H2,1H3. The van der Waals surface area contributed by atoms with E-state index in [0.717, 1.165) is 12.1 Å². The van der Waals surface area contributed by atoms with Crippen molar-refractivity contribution in [3.05, 3.63) is 0 Å². The number of unbranched alkanes of at least 4 members (excludes halogenated alkanes) is 9.